The molecule has 0 N–H and O–H groups in total. The fourth-order valence-electron chi connectivity index (χ4n) is 0.724. The van der Waals surface area contributed by atoms with Crippen molar-refractivity contribution in [2.75, 3.05) is 0 Å². The van der Waals surface area contributed by atoms with Crippen LogP contribution < -0.4 is 0 Å². The van der Waals surface area contributed by atoms with E-state index in [4.69, 9.17) is 11.6 Å². The molecular weight excluding hydrogens is 246 g/mol. The second-order valence-electron chi connectivity index (χ2n) is 2.25. The van der Waals surface area contributed by atoms with Gasteiger partial charge in [0, 0.05) is 4.43 Å². The van der Waals surface area contributed by atoms with Gasteiger partial charge in [-0.1, -0.05) is 42.9 Å². The van der Waals surface area contributed by atoms with Gasteiger partial charge in [-0.15, -0.1) is 11.6 Å². The molecule has 0 rings (SSSR count). The van der Waals surface area contributed by atoms with Crippen LogP contribution in [-0.2, 0) is 0 Å². The Hall–Kier alpha value is 1.02. The molecule has 0 spiro atoms. The van der Waals surface area contributed by atoms with Gasteiger partial charge in [0.2, 0.25) is 0 Å². The van der Waals surface area contributed by atoms with Crippen molar-refractivity contribution in [2.24, 2.45) is 0 Å². The van der Waals surface area contributed by atoms with Crippen molar-refractivity contribution in [3.05, 3.63) is 4.43 Å². The lowest BCUT2D eigenvalue weighted by molar-refractivity contribution is 0.593. The molecule has 0 nitrogen and oxygen atoms in total. The minimum Gasteiger partial charge on any atom is -0.118 e. The number of hydrogen-bond acceptors (Lipinski definition) is 0. The van der Waals surface area contributed by atoms with Crippen LogP contribution >= 0.6 is 34.2 Å². The van der Waals surface area contributed by atoms with Gasteiger partial charge in [-0.05, 0) is 12.8 Å². The van der Waals surface area contributed by atoms with E-state index in [-0.39, 0.29) is 4.87 Å². The molecule has 0 amide bonds. The van der Waals surface area contributed by atoms with E-state index in [0.717, 1.165) is 19.3 Å². The summed E-state index contributed by atoms with van der Waals surface area (Å²) < 4.78 is 2.07. The molecule has 0 aliphatic carbocycles. The van der Waals surface area contributed by atoms with Crippen LogP contribution in [-0.4, -0.2) is 4.87 Å². The van der Waals surface area contributed by atoms with Crippen molar-refractivity contribution in [3.8, 4) is 0 Å². The summed E-state index contributed by atoms with van der Waals surface area (Å²) in [5.41, 5.74) is 0. The van der Waals surface area contributed by atoms with Gasteiger partial charge in [-0.2, -0.15) is 0 Å². The van der Waals surface area contributed by atoms with Gasteiger partial charge in [0.1, 0.15) is 0 Å². The molecule has 0 fully saturated rings. The topological polar surface area (TPSA) is 0 Å². The maximum absolute atomic E-state index is 6.15. The number of rotatable bonds is 4. The van der Waals surface area contributed by atoms with Crippen molar-refractivity contribution >= 4 is 34.2 Å². The van der Waals surface area contributed by atoms with E-state index in [1.165, 1.54) is 0 Å². The van der Waals surface area contributed by atoms with E-state index < -0.39 is 0 Å². The molecule has 1 unspecified atom stereocenters. The predicted octanol–water partition coefficient (Wildman–Crippen LogP) is 3.77. The first kappa shape index (κ1) is 10.0. The molecule has 0 saturated heterocycles. The smallest absolute Gasteiger partial charge is 0.0572 e. The van der Waals surface area contributed by atoms with E-state index >= 15 is 0 Å². The molecule has 0 aromatic rings. The lowest BCUT2D eigenvalue weighted by Crippen LogP contribution is -2.17. The highest BCUT2D eigenvalue weighted by atomic mass is 127. The summed E-state index contributed by atoms with van der Waals surface area (Å²) in [6.07, 6.45) is 3.29. The molecule has 0 aromatic carbocycles. The third kappa shape index (κ3) is 3.66. The van der Waals surface area contributed by atoms with E-state index in [9.17, 15) is 0 Å². The Morgan fingerprint density at radius 3 is 2.22 bits per heavy atom. The van der Waals surface area contributed by atoms with Gasteiger partial charge in [-0.25, -0.2) is 0 Å². The third-order valence-electron chi connectivity index (χ3n) is 1.45. The Bertz CT molecular complexity index is 69.3. The van der Waals surface area contributed by atoms with Gasteiger partial charge in [0.05, 0.1) is 4.87 Å². The summed E-state index contributed by atoms with van der Waals surface area (Å²) in [4.78, 5) is -0.0324. The monoisotopic (exact) mass is 259 g/mol. The van der Waals surface area contributed by atoms with E-state index in [1.807, 2.05) is 0 Å². The zero-order valence-corrected chi connectivity index (χ0v) is 8.87. The normalized spacial score (nSPS) is 17.3. The predicted molar refractivity (Wildman–Crippen MR) is 52.1 cm³/mol. The minimum atomic E-state index is -0.0324. The maximum Gasteiger partial charge on any atom is 0.0572 e. The maximum atomic E-state index is 6.15. The van der Waals surface area contributed by atoms with Crippen molar-refractivity contribution < 1.29 is 0 Å². The lowest BCUT2D eigenvalue weighted by atomic mass is 10.0. The third-order valence-corrected chi connectivity index (χ3v) is 3.57. The average molecular weight is 260 g/mol. The van der Waals surface area contributed by atoms with Gasteiger partial charge in [-0.3, -0.25) is 0 Å². The first-order valence-corrected chi connectivity index (χ1v) is 4.94. The molecule has 0 aromatic heterocycles. The molecule has 0 bridgehead atoms. The van der Waals surface area contributed by atoms with Crippen molar-refractivity contribution in [1.82, 2.24) is 0 Å². The number of hydrogen-bond donors (Lipinski definition) is 0. The van der Waals surface area contributed by atoms with Crippen LogP contribution in [0, 0.1) is 4.43 Å². The Morgan fingerprint density at radius 1 is 1.56 bits per heavy atom. The summed E-state index contributed by atoms with van der Waals surface area (Å²) in [7, 11) is 0. The van der Waals surface area contributed by atoms with Crippen molar-refractivity contribution in [2.45, 2.75) is 38.0 Å². The molecule has 0 aliphatic heterocycles. The highest BCUT2D eigenvalue weighted by Gasteiger charge is 2.21. The highest BCUT2D eigenvalue weighted by Crippen LogP contribution is 2.31. The molecule has 55 valence electrons. The van der Waals surface area contributed by atoms with Gasteiger partial charge >= 0.3 is 0 Å². The van der Waals surface area contributed by atoms with Crippen LogP contribution in [0.25, 0.3) is 0 Å². The molecule has 0 heterocycles. The number of alkyl halides is 1. The van der Waals surface area contributed by atoms with E-state index in [2.05, 4.69) is 40.9 Å². The summed E-state index contributed by atoms with van der Waals surface area (Å²) in [6, 6.07) is 0. The van der Waals surface area contributed by atoms with Crippen molar-refractivity contribution in [1.29, 1.82) is 0 Å². The van der Waals surface area contributed by atoms with Crippen LogP contribution in [0.4, 0.5) is 0 Å². The Morgan fingerprint density at radius 2 is 2.11 bits per heavy atom. The zero-order valence-electron chi connectivity index (χ0n) is 5.95. The zero-order chi connectivity index (χ0) is 7.33. The van der Waals surface area contributed by atoms with E-state index in [1.54, 1.807) is 0 Å². The van der Waals surface area contributed by atoms with Crippen LogP contribution in [0.15, 0.2) is 0 Å². The molecule has 2 heteroatoms. The van der Waals surface area contributed by atoms with Gasteiger partial charge < -0.3 is 0 Å². The lowest BCUT2D eigenvalue weighted by Gasteiger charge is -2.20. The summed E-state index contributed by atoms with van der Waals surface area (Å²) in [5, 5.41) is 0. The number of halogens is 2. The summed E-state index contributed by atoms with van der Waals surface area (Å²) in [6.45, 7) is 4.28. The first-order valence-electron chi connectivity index (χ1n) is 3.32. The molecular formula is C7H13ClI. The van der Waals surface area contributed by atoms with Gasteiger partial charge in [0.25, 0.3) is 0 Å². The molecule has 0 saturated carbocycles. The van der Waals surface area contributed by atoms with Crippen LogP contribution in [0.5, 0.6) is 0 Å². The Balaban J connectivity index is 3.62. The van der Waals surface area contributed by atoms with Crippen LogP contribution in [0.3, 0.4) is 0 Å². The van der Waals surface area contributed by atoms with Crippen LogP contribution in [0.1, 0.15) is 33.1 Å². The molecule has 1 radical (unpaired) electrons. The molecule has 1 atom stereocenters. The fraction of sp³-hybridized carbons (Fsp3) is 0.857. The standard InChI is InChI=1S/C7H13ClI/c1-3-5-7(8,4-2)6-9/h6H,3-5H2,1-2H3. The highest BCUT2D eigenvalue weighted by molar-refractivity contribution is 14.1. The molecule has 0 aliphatic rings. The Kier molecular flexibility index (Phi) is 5.32. The van der Waals surface area contributed by atoms with E-state index in [0.29, 0.717) is 0 Å². The van der Waals surface area contributed by atoms with Crippen molar-refractivity contribution in [3.63, 3.8) is 0 Å². The second kappa shape index (κ2) is 4.78. The summed E-state index contributed by atoms with van der Waals surface area (Å²) in [5.74, 6) is 0. The minimum absolute atomic E-state index is 0.0324. The Labute approximate surface area is 76.5 Å². The second-order valence-corrected chi connectivity index (χ2v) is 3.62. The average Bonchev–Trinajstić information content (AvgIpc) is 1.89. The molecule has 9 heavy (non-hydrogen) atoms. The first-order chi connectivity index (χ1) is 4.18. The van der Waals surface area contributed by atoms with Crippen LogP contribution in [0.2, 0.25) is 0 Å². The van der Waals surface area contributed by atoms with Gasteiger partial charge in [0.15, 0.2) is 0 Å². The largest absolute Gasteiger partial charge is 0.118 e. The SMILES string of the molecule is CCCC(Cl)([CH]I)CC. The summed E-state index contributed by atoms with van der Waals surface area (Å²) >= 11 is 8.38. The quantitative estimate of drug-likeness (QED) is 0.532. The fourth-order valence-corrected chi connectivity index (χ4v) is 1.66.